The van der Waals surface area contributed by atoms with E-state index >= 15 is 0 Å². The van der Waals surface area contributed by atoms with E-state index in [1.165, 1.54) is 49.6 Å². The second kappa shape index (κ2) is 8.57. The minimum absolute atomic E-state index is 0.146. The molecule has 0 aliphatic rings. The molecule has 0 unspecified atom stereocenters. The summed E-state index contributed by atoms with van der Waals surface area (Å²) in [5.74, 6) is -0.902. The number of amides is 1. The average molecular weight is 410 g/mol. The molecule has 0 radical (unpaired) electrons. The highest BCUT2D eigenvalue weighted by Crippen LogP contribution is 2.18. The molecule has 0 aromatic heterocycles. The highest BCUT2D eigenvalue weighted by molar-refractivity contribution is 7.92. The molecule has 7 nitrogen and oxygen atoms in total. The lowest BCUT2D eigenvalue weighted by Crippen LogP contribution is -2.14. The number of anilines is 2. The van der Waals surface area contributed by atoms with Gasteiger partial charge in [0, 0.05) is 16.9 Å². The number of carbonyl (C=O) groups excluding carboxylic acids is 2. The molecule has 0 atom stereocenters. The van der Waals surface area contributed by atoms with Crippen molar-refractivity contribution in [1.29, 1.82) is 0 Å². The molecule has 29 heavy (non-hydrogen) atoms. The molecule has 0 saturated carbocycles. The molecule has 3 aromatic rings. The molecule has 3 aromatic carbocycles. The summed E-state index contributed by atoms with van der Waals surface area (Å²) in [4.78, 5) is 24.1. The second-order valence-corrected chi connectivity index (χ2v) is 7.70. The third kappa shape index (κ3) is 4.99. The first-order valence-electron chi connectivity index (χ1n) is 8.57. The van der Waals surface area contributed by atoms with E-state index in [1.54, 1.807) is 36.4 Å². The zero-order chi connectivity index (χ0) is 20.9. The predicted octanol–water partition coefficient (Wildman–Crippen LogP) is 3.53. The van der Waals surface area contributed by atoms with Crippen molar-refractivity contribution in [2.75, 3.05) is 17.1 Å². The van der Waals surface area contributed by atoms with Crippen LogP contribution >= 0.6 is 0 Å². The number of esters is 1. The summed E-state index contributed by atoms with van der Waals surface area (Å²) in [7, 11) is -2.43. The van der Waals surface area contributed by atoms with Crippen molar-refractivity contribution >= 4 is 33.3 Å². The summed E-state index contributed by atoms with van der Waals surface area (Å²) in [6.07, 6.45) is 0. The average Bonchev–Trinajstić information content (AvgIpc) is 2.74. The van der Waals surface area contributed by atoms with E-state index < -0.39 is 21.9 Å². The Kier molecular flexibility index (Phi) is 5.94. The number of hydrogen-bond donors (Lipinski definition) is 2. The largest absolute Gasteiger partial charge is 0.465 e. The molecule has 0 fully saturated rings. The quantitative estimate of drug-likeness (QED) is 0.606. The van der Waals surface area contributed by atoms with Crippen LogP contribution in [0.1, 0.15) is 20.7 Å². The van der Waals surface area contributed by atoms with Crippen molar-refractivity contribution in [1.82, 2.24) is 0 Å². The molecule has 148 valence electrons. The maximum Gasteiger partial charge on any atom is 0.337 e. The van der Waals surface area contributed by atoms with Crippen molar-refractivity contribution in [3.05, 3.63) is 90.0 Å². The molecule has 0 heterocycles. The lowest BCUT2D eigenvalue weighted by Gasteiger charge is -2.10. The maximum absolute atomic E-state index is 12.4. The lowest BCUT2D eigenvalue weighted by molar-refractivity contribution is 0.0600. The molecular weight excluding hydrogens is 392 g/mol. The van der Waals surface area contributed by atoms with Gasteiger partial charge in [0.1, 0.15) is 0 Å². The fourth-order valence-corrected chi connectivity index (χ4v) is 3.63. The number of ether oxygens (including phenoxy) is 1. The summed E-state index contributed by atoms with van der Waals surface area (Å²) in [5.41, 5.74) is 1.41. The van der Waals surface area contributed by atoms with Gasteiger partial charge < -0.3 is 10.1 Å². The standard InChI is InChI=1S/C21H18N2O5S/c1-28-21(25)16-6-5-7-18(14-16)22-20(24)15-10-12-17(13-11-15)23-29(26,27)19-8-3-2-4-9-19/h2-14,23H,1H3,(H,22,24). The van der Waals surface area contributed by atoms with Gasteiger partial charge in [-0.2, -0.15) is 0 Å². The molecular formula is C21H18N2O5S. The number of methoxy groups -OCH3 is 1. The highest BCUT2D eigenvalue weighted by atomic mass is 32.2. The summed E-state index contributed by atoms with van der Waals surface area (Å²) < 4.78 is 31.8. The summed E-state index contributed by atoms with van der Waals surface area (Å²) in [6, 6.07) is 20.4. The van der Waals surface area contributed by atoms with E-state index in [4.69, 9.17) is 0 Å². The Bertz CT molecular complexity index is 1130. The van der Waals surface area contributed by atoms with E-state index in [0.29, 0.717) is 22.5 Å². The zero-order valence-corrected chi connectivity index (χ0v) is 16.3. The van der Waals surface area contributed by atoms with E-state index in [0.717, 1.165) is 0 Å². The number of rotatable bonds is 6. The van der Waals surface area contributed by atoms with Crippen molar-refractivity contribution < 1.29 is 22.7 Å². The van der Waals surface area contributed by atoms with Gasteiger partial charge in [-0.25, -0.2) is 13.2 Å². The number of sulfonamides is 1. The number of nitrogens with one attached hydrogen (secondary N) is 2. The van der Waals surface area contributed by atoms with Gasteiger partial charge >= 0.3 is 5.97 Å². The molecule has 0 aliphatic carbocycles. The van der Waals surface area contributed by atoms with Gasteiger partial charge in [0.25, 0.3) is 15.9 Å². The van der Waals surface area contributed by atoms with Crippen LogP contribution in [0, 0.1) is 0 Å². The molecule has 8 heteroatoms. The predicted molar refractivity (Wildman–Crippen MR) is 109 cm³/mol. The van der Waals surface area contributed by atoms with Crippen molar-refractivity contribution in [3.8, 4) is 0 Å². The summed E-state index contributed by atoms with van der Waals surface area (Å²) >= 11 is 0. The molecule has 0 bridgehead atoms. The minimum atomic E-state index is -3.70. The molecule has 2 N–H and O–H groups in total. The van der Waals surface area contributed by atoms with Crippen LogP contribution in [0.2, 0.25) is 0 Å². The molecule has 0 aliphatic heterocycles. The van der Waals surface area contributed by atoms with E-state index in [2.05, 4.69) is 14.8 Å². The zero-order valence-electron chi connectivity index (χ0n) is 15.5. The first-order chi connectivity index (χ1) is 13.9. The van der Waals surface area contributed by atoms with Crippen molar-refractivity contribution in [2.45, 2.75) is 4.90 Å². The van der Waals surface area contributed by atoms with Gasteiger partial charge in [-0.15, -0.1) is 0 Å². The van der Waals surface area contributed by atoms with Crippen LogP contribution in [-0.4, -0.2) is 27.4 Å². The normalized spacial score (nSPS) is 10.8. The van der Waals surface area contributed by atoms with Crippen molar-refractivity contribution in [3.63, 3.8) is 0 Å². The lowest BCUT2D eigenvalue weighted by atomic mass is 10.1. The Labute approximate surface area is 168 Å². The second-order valence-electron chi connectivity index (χ2n) is 6.02. The van der Waals surface area contributed by atoms with Crippen LogP contribution < -0.4 is 10.0 Å². The van der Waals surface area contributed by atoms with E-state index in [9.17, 15) is 18.0 Å². The van der Waals surface area contributed by atoms with Crippen LogP contribution in [-0.2, 0) is 14.8 Å². The Morgan fingerprint density at radius 1 is 0.793 bits per heavy atom. The smallest absolute Gasteiger partial charge is 0.337 e. The van der Waals surface area contributed by atoms with Gasteiger partial charge in [0.2, 0.25) is 0 Å². The van der Waals surface area contributed by atoms with Gasteiger partial charge in [0.15, 0.2) is 0 Å². The third-order valence-electron chi connectivity index (χ3n) is 3.99. The Morgan fingerprint density at radius 3 is 2.14 bits per heavy atom. The van der Waals surface area contributed by atoms with Crippen LogP contribution in [0.15, 0.2) is 83.8 Å². The van der Waals surface area contributed by atoms with Crippen LogP contribution in [0.3, 0.4) is 0 Å². The maximum atomic E-state index is 12.4. The number of carbonyl (C=O) groups is 2. The third-order valence-corrected chi connectivity index (χ3v) is 5.39. The van der Waals surface area contributed by atoms with Gasteiger partial charge in [-0.3, -0.25) is 9.52 Å². The van der Waals surface area contributed by atoms with E-state index in [-0.39, 0.29) is 4.90 Å². The van der Waals surface area contributed by atoms with Crippen LogP contribution in [0.25, 0.3) is 0 Å². The summed E-state index contributed by atoms with van der Waals surface area (Å²) in [5, 5.41) is 2.69. The van der Waals surface area contributed by atoms with Crippen LogP contribution in [0.4, 0.5) is 11.4 Å². The fourth-order valence-electron chi connectivity index (χ4n) is 2.55. The number of benzene rings is 3. The molecule has 1 amide bonds. The Balaban J connectivity index is 1.70. The molecule has 0 spiro atoms. The Morgan fingerprint density at radius 2 is 1.48 bits per heavy atom. The van der Waals surface area contributed by atoms with E-state index in [1.807, 2.05) is 0 Å². The SMILES string of the molecule is COC(=O)c1cccc(NC(=O)c2ccc(NS(=O)(=O)c3ccccc3)cc2)c1. The Hall–Kier alpha value is -3.65. The van der Waals surface area contributed by atoms with Gasteiger partial charge in [-0.1, -0.05) is 24.3 Å². The number of hydrogen-bond acceptors (Lipinski definition) is 5. The summed E-state index contributed by atoms with van der Waals surface area (Å²) in [6.45, 7) is 0. The van der Waals surface area contributed by atoms with Crippen LogP contribution in [0.5, 0.6) is 0 Å². The topological polar surface area (TPSA) is 102 Å². The fraction of sp³-hybridized carbons (Fsp3) is 0.0476. The monoisotopic (exact) mass is 410 g/mol. The minimum Gasteiger partial charge on any atom is -0.465 e. The highest BCUT2D eigenvalue weighted by Gasteiger charge is 2.14. The first kappa shape index (κ1) is 20.1. The van der Waals surface area contributed by atoms with Gasteiger partial charge in [0.05, 0.1) is 17.6 Å². The van der Waals surface area contributed by atoms with Gasteiger partial charge in [-0.05, 0) is 54.6 Å². The molecule has 3 rings (SSSR count). The first-order valence-corrected chi connectivity index (χ1v) is 10.0. The van der Waals surface area contributed by atoms with Crippen molar-refractivity contribution in [2.24, 2.45) is 0 Å². The molecule has 0 saturated heterocycles.